The average molecular weight is 301 g/mol. The summed E-state index contributed by atoms with van der Waals surface area (Å²) in [6, 6.07) is 8.20. The van der Waals surface area contributed by atoms with Crippen molar-refractivity contribution in [2.75, 3.05) is 11.9 Å². The smallest absolute Gasteiger partial charge is 0.243 e. The van der Waals surface area contributed by atoms with E-state index < -0.39 is 0 Å². The summed E-state index contributed by atoms with van der Waals surface area (Å²) in [5.41, 5.74) is 2.39. The highest BCUT2D eigenvalue weighted by atomic mass is 16.2. The van der Waals surface area contributed by atoms with Crippen molar-refractivity contribution in [2.45, 2.75) is 26.8 Å². The minimum atomic E-state index is -0.227. The zero-order valence-corrected chi connectivity index (χ0v) is 12.7. The fourth-order valence-electron chi connectivity index (χ4n) is 1.90. The summed E-state index contributed by atoms with van der Waals surface area (Å²) in [6.07, 6.45) is 2.18. The van der Waals surface area contributed by atoms with Crippen molar-refractivity contribution in [1.82, 2.24) is 20.3 Å². The van der Waals surface area contributed by atoms with Crippen molar-refractivity contribution >= 4 is 17.6 Å². The van der Waals surface area contributed by atoms with Gasteiger partial charge in [-0.05, 0) is 18.9 Å². The van der Waals surface area contributed by atoms with Gasteiger partial charge in [0.25, 0.3) is 0 Å². The Balaban J connectivity index is 1.74. The third-order valence-corrected chi connectivity index (χ3v) is 2.98. The molecule has 2 rings (SSSR count). The van der Waals surface area contributed by atoms with Gasteiger partial charge in [-0.1, -0.05) is 29.8 Å². The molecule has 2 amide bonds. The lowest BCUT2D eigenvalue weighted by Gasteiger charge is -2.05. The van der Waals surface area contributed by atoms with E-state index in [1.54, 1.807) is 0 Å². The summed E-state index contributed by atoms with van der Waals surface area (Å²) in [5.74, 6) is -0.0633. The molecule has 22 heavy (non-hydrogen) atoms. The fourth-order valence-corrected chi connectivity index (χ4v) is 1.90. The summed E-state index contributed by atoms with van der Waals surface area (Å²) in [5, 5.41) is 13.2. The number of carbonyl (C=O) groups is 2. The van der Waals surface area contributed by atoms with Crippen LogP contribution in [0.15, 0.2) is 30.5 Å². The molecule has 0 saturated carbocycles. The van der Waals surface area contributed by atoms with Gasteiger partial charge in [-0.25, -0.2) is 0 Å². The van der Waals surface area contributed by atoms with Gasteiger partial charge in [-0.3, -0.25) is 9.59 Å². The maximum Gasteiger partial charge on any atom is 0.243 e. The maximum atomic E-state index is 11.8. The van der Waals surface area contributed by atoms with E-state index >= 15 is 0 Å². The zero-order chi connectivity index (χ0) is 15.9. The lowest BCUT2D eigenvalue weighted by molar-refractivity contribution is -0.122. The Kier molecular flexibility index (Phi) is 5.24. The second-order valence-corrected chi connectivity index (χ2v) is 5.03. The van der Waals surface area contributed by atoms with E-state index in [0.717, 1.165) is 6.42 Å². The molecule has 0 radical (unpaired) electrons. The van der Waals surface area contributed by atoms with Crippen molar-refractivity contribution in [3.8, 4) is 0 Å². The van der Waals surface area contributed by atoms with E-state index in [1.165, 1.54) is 29.0 Å². The van der Waals surface area contributed by atoms with E-state index in [2.05, 4.69) is 33.0 Å². The molecule has 0 aliphatic heterocycles. The molecule has 116 valence electrons. The summed E-state index contributed by atoms with van der Waals surface area (Å²) in [4.78, 5) is 23.9. The first-order valence-electron chi connectivity index (χ1n) is 7.03. The van der Waals surface area contributed by atoms with Crippen LogP contribution in [0.1, 0.15) is 18.1 Å². The Morgan fingerprint density at radius 3 is 2.64 bits per heavy atom. The van der Waals surface area contributed by atoms with Crippen LogP contribution in [0.3, 0.4) is 0 Å². The maximum absolute atomic E-state index is 11.8. The number of benzene rings is 1. The Morgan fingerprint density at radius 1 is 1.23 bits per heavy atom. The standard InChI is InChI=1S/C15H19N5O2/c1-11-3-5-13(6-4-11)7-8-16-15(22)10-20-17-9-14(19-20)18-12(2)21/h3-6,9H,7-8,10H2,1-2H3,(H,16,22)(H,18,19,21). The van der Waals surface area contributed by atoms with Crippen LogP contribution < -0.4 is 10.6 Å². The second-order valence-electron chi connectivity index (χ2n) is 5.03. The van der Waals surface area contributed by atoms with E-state index in [-0.39, 0.29) is 18.4 Å². The molecule has 1 aromatic carbocycles. The van der Waals surface area contributed by atoms with Crippen molar-refractivity contribution in [3.63, 3.8) is 0 Å². The normalized spacial score (nSPS) is 10.3. The molecule has 0 aliphatic rings. The molecule has 1 aromatic heterocycles. The fraction of sp³-hybridized carbons (Fsp3) is 0.333. The number of amides is 2. The topological polar surface area (TPSA) is 88.9 Å². The number of nitrogens with one attached hydrogen (secondary N) is 2. The van der Waals surface area contributed by atoms with Crippen LogP contribution in [-0.4, -0.2) is 33.4 Å². The largest absolute Gasteiger partial charge is 0.354 e. The first kappa shape index (κ1) is 15.7. The van der Waals surface area contributed by atoms with Gasteiger partial charge in [-0.2, -0.15) is 9.90 Å². The molecule has 1 heterocycles. The Hall–Kier alpha value is -2.70. The van der Waals surface area contributed by atoms with Gasteiger partial charge in [0.15, 0.2) is 5.82 Å². The quantitative estimate of drug-likeness (QED) is 0.830. The van der Waals surface area contributed by atoms with Gasteiger partial charge >= 0.3 is 0 Å². The molecule has 0 atom stereocenters. The molecular weight excluding hydrogens is 282 g/mol. The van der Waals surface area contributed by atoms with Crippen LogP contribution in [0, 0.1) is 6.92 Å². The highest BCUT2D eigenvalue weighted by molar-refractivity contribution is 5.87. The predicted molar refractivity (Wildman–Crippen MR) is 82.2 cm³/mol. The van der Waals surface area contributed by atoms with Crippen molar-refractivity contribution < 1.29 is 9.59 Å². The molecule has 0 unspecified atom stereocenters. The highest BCUT2D eigenvalue weighted by Gasteiger charge is 2.06. The number of rotatable bonds is 6. The number of nitrogens with zero attached hydrogens (tertiary/aromatic N) is 3. The van der Waals surface area contributed by atoms with Crippen molar-refractivity contribution in [2.24, 2.45) is 0 Å². The SMILES string of the molecule is CC(=O)Nc1cnn(CC(=O)NCCc2ccc(C)cc2)n1. The monoisotopic (exact) mass is 301 g/mol. The van der Waals surface area contributed by atoms with Gasteiger partial charge < -0.3 is 10.6 Å². The average Bonchev–Trinajstić information content (AvgIpc) is 2.87. The van der Waals surface area contributed by atoms with E-state index in [4.69, 9.17) is 0 Å². The van der Waals surface area contributed by atoms with Crippen LogP contribution >= 0.6 is 0 Å². The third-order valence-electron chi connectivity index (χ3n) is 2.98. The van der Waals surface area contributed by atoms with E-state index in [0.29, 0.717) is 12.4 Å². The molecular formula is C15H19N5O2. The number of aryl methyl sites for hydroxylation is 1. The Labute approximate surface area is 128 Å². The molecule has 0 aliphatic carbocycles. The molecule has 0 saturated heterocycles. The van der Waals surface area contributed by atoms with Crippen LogP contribution in [0.25, 0.3) is 0 Å². The number of hydrogen-bond acceptors (Lipinski definition) is 4. The lowest BCUT2D eigenvalue weighted by Crippen LogP contribution is -2.30. The Bertz CT molecular complexity index is 648. The van der Waals surface area contributed by atoms with E-state index in [1.807, 2.05) is 19.1 Å². The number of anilines is 1. The molecule has 0 fully saturated rings. The van der Waals surface area contributed by atoms with Gasteiger partial charge in [0.1, 0.15) is 6.54 Å². The predicted octanol–water partition coefficient (Wildman–Crippen LogP) is 0.904. The first-order chi connectivity index (χ1) is 10.5. The van der Waals surface area contributed by atoms with Crippen LogP contribution in [0.5, 0.6) is 0 Å². The minimum absolute atomic E-state index is 0.0213. The Morgan fingerprint density at radius 2 is 1.95 bits per heavy atom. The summed E-state index contributed by atoms with van der Waals surface area (Å²) >= 11 is 0. The molecule has 2 aromatic rings. The number of aromatic nitrogens is 3. The zero-order valence-electron chi connectivity index (χ0n) is 12.7. The van der Waals surface area contributed by atoms with Gasteiger partial charge in [-0.15, -0.1) is 5.10 Å². The van der Waals surface area contributed by atoms with Crippen LogP contribution in [-0.2, 0) is 22.6 Å². The summed E-state index contributed by atoms with van der Waals surface area (Å²) in [6.45, 7) is 4.00. The molecule has 0 spiro atoms. The minimum Gasteiger partial charge on any atom is -0.354 e. The van der Waals surface area contributed by atoms with Crippen molar-refractivity contribution in [1.29, 1.82) is 0 Å². The van der Waals surface area contributed by atoms with Gasteiger partial charge in [0, 0.05) is 13.5 Å². The molecule has 2 N–H and O–H groups in total. The molecule has 0 bridgehead atoms. The van der Waals surface area contributed by atoms with Crippen LogP contribution in [0.2, 0.25) is 0 Å². The van der Waals surface area contributed by atoms with Crippen molar-refractivity contribution in [3.05, 3.63) is 41.6 Å². The summed E-state index contributed by atoms with van der Waals surface area (Å²) < 4.78 is 0. The first-order valence-corrected chi connectivity index (χ1v) is 7.03. The van der Waals surface area contributed by atoms with Crippen LogP contribution in [0.4, 0.5) is 5.82 Å². The molecule has 7 heteroatoms. The second kappa shape index (κ2) is 7.35. The number of carbonyl (C=O) groups excluding carboxylic acids is 2. The molecule has 7 nitrogen and oxygen atoms in total. The number of hydrogen-bond donors (Lipinski definition) is 2. The third kappa shape index (κ3) is 5.01. The van der Waals surface area contributed by atoms with Gasteiger partial charge in [0.2, 0.25) is 11.8 Å². The highest BCUT2D eigenvalue weighted by Crippen LogP contribution is 2.03. The van der Waals surface area contributed by atoms with E-state index in [9.17, 15) is 9.59 Å². The summed E-state index contributed by atoms with van der Waals surface area (Å²) in [7, 11) is 0. The van der Waals surface area contributed by atoms with Gasteiger partial charge in [0.05, 0.1) is 6.20 Å². The lowest BCUT2D eigenvalue weighted by atomic mass is 10.1.